The van der Waals surface area contributed by atoms with Crippen molar-refractivity contribution >= 4 is 5.97 Å². The van der Waals surface area contributed by atoms with Gasteiger partial charge in [0.15, 0.2) is 0 Å². The summed E-state index contributed by atoms with van der Waals surface area (Å²) in [6.45, 7) is 1.27. The molecule has 0 spiro atoms. The molecule has 1 unspecified atom stereocenters. The molecule has 1 aromatic rings. The van der Waals surface area contributed by atoms with E-state index in [0.29, 0.717) is 6.54 Å². The number of hydrogen-bond acceptors (Lipinski definition) is 4. The molecule has 0 radical (unpaired) electrons. The minimum absolute atomic E-state index is 0.143. The third-order valence-electron chi connectivity index (χ3n) is 3.07. The predicted octanol–water partition coefficient (Wildman–Crippen LogP) is -0.623. The molecule has 0 saturated carbocycles. The van der Waals surface area contributed by atoms with Crippen LogP contribution in [0.25, 0.3) is 0 Å². The summed E-state index contributed by atoms with van der Waals surface area (Å²) >= 11 is 0. The summed E-state index contributed by atoms with van der Waals surface area (Å²) in [5.74, 6) is -1.33. The Hall–Kier alpha value is -1.89. The van der Waals surface area contributed by atoms with Gasteiger partial charge in [-0.15, -0.1) is 0 Å². The molecule has 1 aromatic heterocycles. The van der Waals surface area contributed by atoms with E-state index in [0.717, 1.165) is 32.0 Å². The minimum Gasteiger partial charge on any atom is -0.477 e. The van der Waals surface area contributed by atoms with Crippen molar-refractivity contribution in [1.29, 1.82) is 0 Å². The molecule has 1 atom stereocenters. The molecule has 3 N–H and O–H groups in total. The van der Waals surface area contributed by atoms with Gasteiger partial charge in [-0.05, 0) is 19.4 Å². The van der Waals surface area contributed by atoms with Crippen molar-refractivity contribution < 1.29 is 9.90 Å². The highest BCUT2D eigenvalue weighted by Gasteiger charge is 2.16. The normalized spacial score (nSPS) is 19.7. The first-order valence-corrected chi connectivity index (χ1v) is 5.88. The van der Waals surface area contributed by atoms with Crippen LogP contribution in [0.3, 0.4) is 0 Å². The van der Waals surface area contributed by atoms with Crippen LogP contribution in [-0.2, 0) is 6.54 Å². The highest BCUT2D eigenvalue weighted by molar-refractivity contribution is 5.86. The number of rotatable bonds is 3. The van der Waals surface area contributed by atoms with Crippen LogP contribution in [-0.4, -0.2) is 33.2 Å². The van der Waals surface area contributed by atoms with Crippen molar-refractivity contribution in [3.05, 3.63) is 32.6 Å². The topological polar surface area (TPSA) is 104 Å². The zero-order valence-corrected chi connectivity index (χ0v) is 9.81. The number of aromatic nitrogens is 2. The van der Waals surface area contributed by atoms with Gasteiger partial charge in [-0.25, -0.2) is 9.59 Å². The Kier molecular flexibility index (Phi) is 3.61. The SMILES string of the molecule is O=C(O)c1cn(CC2CCCCN2)c(=O)[nH]c1=O. The molecule has 0 aromatic carbocycles. The second-order valence-corrected chi connectivity index (χ2v) is 4.41. The Balaban J connectivity index is 2.26. The van der Waals surface area contributed by atoms with Gasteiger partial charge in [-0.1, -0.05) is 6.42 Å². The summed E-state index contributed by atoms with van der Waals surface area (Å²) < 4.78 is 1.24. The van der Waals surface area contributed by atoms with Gasteiger partial charge in [0.05, 0.1) is 0 Å². The van der Waals surface area contributed by atoms with Gasteiger partial charge in [0, 0.05) is 18.8 Å². The van der Waals surface area contributed by atoms with Crippen LogP contribution in [0.15, 0.2) is 15.8 Å². The van der Waals surface area contributed by atoms with E-state index in [1.165, 1.54) is 4.57 Å². The van der Waals surface area contributed by atoms with E-state index in [9.17, 15) is 14.4 Å². The molecule has 1 fully saturated rings. The summed E-state index contributed by atoms with van der Waals surface area (Å²) in [6, 6.07) is 0.143. The highest BCUT2D eigenvalue weighted by Crippen LogP contribution is 2.08. The van der Waals surface area contributed by atoms with Crippen molar-refractivity contribution in [2.75, 3.05) is 6.54 Å². The molecule has 0 bridgehead atoms. The van der Waals surface area contributed by atoms with E-state index in [-0.39, 0.29) is 6.04 Å². The third-order valence-corrected chi connectivity index (χ3v) is 3.07. The number of hydrogen-bond donors (Lipinski definition) is 3. The Morgan fingerprint density at radius 2 is 2.22 bits per heavy atom. The van der Waals surface area contributed by atoms with E-state index in [1.54, 1.807) is 0 Å². The lowest BCUT2D eigenvalue weighted by Crippen LogP contribution is -2.42. The fraction of sp³-hybridized carbons (Fsp3) is 0.545. The van der Waals surface area contributed by atoms with Gasteiger partial charge in [-0.3, -0.25) is 14.3 Å². The van der Waals surface area contributed by atoms with Gasteiger partial charge in [0.25, 0.3) is 5.56 Å². The van der Waals surface area contributed by atoms with E-state index in [4.69, 9.17) is 5.11 Å². The molecule has 0 amide bonds. The molecule has 1 aliphatic heterocycles. The fourth-order valence-corrected chi connectivity index (χ4v) is 2.11. The molecule has 7 heteroatoms. The number of carboxylic acid groups (broad SMARTS) is 1. The average molecular weight is 253 g/mol. The van der Waals surface area contributed by atoms with E-state index < -0.39 is 22.8 Å². The molecular weight excluding hydrogens is 238 g/mol. The largest absolute Gasteiger partial charge is 0.477 e. The van der Waals surface area contributed by atoms with E-state index >= 15 is 0 Å². The van der Waals surface area contributed by atoms with Crippen LogP contribution in [0.5, 0.6) is 0 Å². The van der Waals surface area contributed by atoms with Gasteiger partial charge >= 0.3 is 11.7 Å². The van der Waals surface area contributed by atoms with Crippen LogP contribution in [0.2, 0.25) is 0 Å². The number of aromatic amines is 1. The molecule has 2 heterocycles. The maximum absolute atomic E-state index is 11.6. The highest BCUT2D eigenvalue weighted by atomic mass is 16.4. The van der Waals surface area contributed by atoms with Crippen LogP contribution in [0.1, 0.15) is 29.6 Å². The number of nitrogens with zero attached hydrogens (tertiary/aromatic N) is 1. The molecule has 98 valence electrons. The van der Waals surface area contributed by atoms with Crippen molar-refractivity contribution in [1.82, 2.24) is 14.9 Å². The van der Waals surface area contributed by atoms with E-state index in [1.807, 2.05) is 4.98 Å². The van der Waals surface area contributed by atoms with Gasteiger partial charge in [0.1, 0.15) is 5.56 Å². The number of piperidine rings is 1. The quantitative estimate of drug-likeness (QED) is 0.665. The smallest absolute Gasteiger partial charge is 0.342 e. The average Bonchev–Trinajstić information content (AvgIpc) is 2.33. The van der Waals surface area contributed by atoms with Crippen LogP contribution in [0.4, 0.5) is 0 Å². The summed E-state index contributed by atoms with van der Waals surface area (Å²) in [7, 11) is 0. The molecule has 1 aliphatic rings. The standard InChI is InChI=1S/C11H15N3O4/c15-9-8(10(16)17)6-14(11(18)13-9)5-7-3-1-2-4-12-7/h6-7,12H,1-5H2,(H,16,17)(H,13,15,18). The maximum atomic E-state index is 11.6. The fourth-order valence-electron chi connectivity index (χ4n) is 2.11. The lowest BCUT2D eigenvalue weighted by atomic mass is 10.1. The molecule has 18 heavy (non-hydrogen) atoms. The van der Waals surface area contributed by atoms with Crippen LogP contribution < -0.4 is 16.6 Å². The van der Waals surface area contributed by atoms with Crippen LogP contribution in [0, 0.1) is 0 Å². The lowest BCUT2D eigenvalue weighted by molar-refractivity contribution is 0.0693. The number of nitrogens with one attached hydrogen (secondary N) is 2. The predicted molar refractivity (Wildman–Crippen MR) is 63.9 cm³/mol. The van der Waals surface area contributed by atoms with Crippen molar-refractivity contribution in [3.63, 3.8) is 0 Å². The minimum atomic E-state index is -1.33. The maximum Gasteiger partial charge on any atom is 0.342 e. The van der Waals surface area contributed by atoms with Crippen molar-refractivity contribution in [2.45, 2.75) is 31.8 Å². The third kappa shape index (κ3) is 2.67. The lowest BCUT2D eigenvalue weighted by Gasteiger charge is -2.23. The van der Waals surface area contributed by atoms with Gasteiger partial charge < -0.3 is 10.4 Å². The number of aromatic carboxylic acids is 1. The molecule has 7 nitrogen and oxygen atoms in total. The number of carbonyl (C=O) groups is 1. The molecule has 0 aliphatic carbocycles. The Morgan fingerprint density at radius 3 is 2.83 bits per heavy atom. The zero-order chi connectivity index (χ0) is 13.1. The second kappa shape index (κ2) is 5.18. The molecular formula is C11H15N3O4. The zero-order valence-electron chi connectivity index (χ0n) is 9.81. The van der Waals surface area contributed by atoms with Crippen LogP contribution >= 0.6 is 0 Å². The second-order valence-electron chi connectivity index (χ2n) is 4.41. The summed E-state index contributed by atoms with van der Waals surface area (Å²) in [6.07, 6.45) is 4.24. The summed E-state index contributed by atoms with van der Waals surface area (Å²) in [4.78, 5) is 35.7. The Bertz CT molecular complexity index is 554. The van der Waals surface area contributed by atoms with Gasteiger partial charge in [0.2, 0.25) is 0 Å². The monoisotopic (exact) mass is 253 g/mol. The molecule has 1 saturated heterocycles. The van der Waals surface area contributed by atoms with E-state index in [2.05, 4.69) is 5.32 Å². The molecule has 2 rings (SSSR count). The number of carboxylic acids is 1. The Labute approximate surface area is 102 Å². The van der Waals surface area contributed by atoms with Crippen molar-refractivity contribution in [3.8, 4) is 0 Å². The Morgan fingerprint density at radius 1 is 1.44 bits per heavy atom. The summed E-state index contributed by atoms with van der Waals surface area (Å²) in [5.41, 5.74) is -1.84. The number of H-pyrrole nitrogens is 1. The summed E-state index contributed by atoms with van der Waals surface area (Å²) in [5, 5.41) is 12.1. The first kappa shape index (κ1) is 12.6. The first-order valence-electron chi connectivity index (χ1n) is 5.88. The van der Waals surface area contributed by atoms with Gasteiger partial charge in [-0.2, -0.15) is 0 Å². The first-order chi connectivity index (χ1) is 8.58. The van der Waals surface area contributed by atoms with Crippen molar-refractivity contribution in [2.24, 2.45) is 0 Å².